The number of halogens is 3. The smallest absolute Gasteiger partial charge is 0.317 e. The van der Waals surface area contributed by atoms with E-state index in [-0.39, 0.29) is 11.6 Å². The highest BCUT2D eigenvalue weighted by Gasteiger charge is 2.35. The molecule has 2 heterocycles. The van der Waals surface area contributed by atoms with E-state index < -0.39 is 31.6 Å². The van der Waals surface area contributed by atoms with Crippen LogP contribution in [-0.2, 0) is 16.0 Å². The fourth-order valence-corrected chi connectivity index (χ4v) is 4.48. The van der Waals surface area contributed by atoms with Crippen LogP contribution in [0.4, 0.5) is 13.2 Å². The van der Waals surface area contributed by atoms with E-state index in [1.54, 1.807) is 26.0 Å². The number of rotatable bonds is 5. The maximum atomic E-state index is 13.7. The molecule has 2 aromatic heterocycles. The molecule has 10 heteroatoms. The first-order valence-electron chi connectivity index (χ1n) is 9.93. The number of hydrogen-bond donors (Lipinski definition) is 0. The number of para-hydroxylation sites is 1. The lowest BCUT2D eigenvalue weighted by molar-refractivity contribution is -0.137. The number of nitriles is 1. The van der Waals surface area contributed by atoms with Gasteiger partial charge in [0.05, 0.1) is 11.3 Å². The Morgan fingerprint density at radius 2 is 1.85 bits per heavy atom. The normalized spacial score (nSPS) is 12.8. The summed E-state index contributed by atoms with van der Waals surface area (Å²) in [6, 6.07) is 9.95. The van der Waals surface area contributed by atoms with Crippen LogP contribution in [0.15, 0.2) is 52.7 Å². The second kappa shape index (κ2) is 8.83. The summed E-state index contributed by atoms with van der Waals surface area (Å²) in [5, 5.41) is 9.07. The molecule has 0 aliphatic carbocycles. The number of aromatic nitrogens is 3. The molecule has 1 aromatic carbocycles. The van der Waals surface area contributed by atoms with Crippen molar-refractivity contribution in [2.45, 2.75) is 44.9 Å². The van der Waals surface area contributed by atoms with E-state index >= 15 is 0 Å². The third-order valence-corrected chi connectivity index (χ3v) is 6.52. The molecule has 3 rings (SSSR count). The quantitative estimate of drug-likeness (QED) is 0.367. The Kier molecular flexibility index (Phi) is 6.47. The van der Waals surface area contributed by atoms with Crippen molar-refractivity contribution in [3.63, 3.8) is 0 Å². The molecule has 0 amide bonds. The molecule has 0 radical (unpaired) electrons. The molecule has 0 bridgehead atoms. The van der Waals surface area contributed by atoms with Gasteiger partial charge in [-0.3, -0.25) is 0 Å². The van der Waals surface area contributed by atoms with Crippen LogP contribution < -0.4 is 0 Å². The van der Waals surface area contributed by atoms with Crippen molar-refractivity contribution in [3.8, 4) is 11.8 Å². The summed E-state index contributed by atoms with van der Waals surface area (Å²) < 4.78 is 68.4. The molecular formula is C23H21F3N4O2S. The van der Waals surface area contributed by atoms with Gasteiger partial charge in [0, 0.05) is 23.3 Å². The first-order valence-corrected chi connectivity index (χ1v) is 11.4. The molecule has 0 aliphatic heterocycles. The van der Waals surface area contributed by atoms with Crippen LogP contribution in [0, 0.1) is 25.2 Å². The van der Waals surface area contributed by atoms with Gasteiger partial charge in [-0.05, 0) is 55.7 Å². The lowest BCUT2D eigenvalue weighted by atomic mass is 10.1. The Balaban J connectivity index is 2.25. The van der Waals surface area contributed by atoms with Gasteiger partial charge < -0.3 is 4.57 Å². The minimum absolute atomic E-state index is 0.0748. The van der Waals surface area contributed by atoms with E-state index in [0.29, 0.717) is 22.6 Å². The van der Waals surface area contributed by atoms with Gasteiger partial charge in [-0.25, -0.2) is 18.4 Å². The summed E-state index contributed by atoms with van der Waals surface area (Å²) in [6.07, 6.45) is -2.16. The summed E-state index contributed by atoms with van der Waals surface area (Å²) in [6.45, 7) is 6.80. The van der Waals surface area contributed by atoms with Crippen molar-refractivity contribution in [1.82, 2.24) is 14.5 Å². The number of nitrogens with zero attached hydrogens (tertiary/aromatic N) is 4. The van der Waals surface area contributed by atoms with Gasteiger partial charge in [0.15, 0.2) is 4.91 Å². The van der Waals surface area contributed by atoms with Crippen molar-refractivity contribution >= 4 is 15.9 Å². The minimum atomic E-state index is -4.58. The fraction of sp³-hybridized carbons (Fsp3) is 0.261. The molecule has 3 aromatic rings. The molecule has 6 nitrogen and oxygen atoms in total. The van der Waals surface area contributed by atoms with Crippen LogP contribution in [0.5, 0.6) is 0 Å². The molecular weight excluding hydrogens is 453 g/mol. The Morgan fingerprint density at radius 1 is 1.18 bits per heavy atom. The van der Waals surface area contributed by atoms with Crippen LogP contribution >= 0.6 is 0 Å². The number of sulfone groups is 1. The van der Waals surface area contributed by atoms with E-state index in [2.05, 4.69) is 9.97 Å². The summed E-state index contributed by atoms with van der Waals surface area (Å²) in [7, 11) is -4.32. The van der Waals surface area contributed by atoms with Crippen molar-refractivity contribution in [1.29, 1.82) is 5.26 Å². The van der Waals surface area contributed by atoms with Gasteiger partial charge >= 0.3 is 6.18 Å². The SMILES string of the molecule is Cc1ccnc(S(=O)(=O)/C(C#N)=C/c2cc(C(C)C)n(-c3ccccc3C(F)(F)F)c2C)n1. The number of benzene rings is 1. The summed E-state index contributed by atoms with van der Waals surface area (Å²) in [5.74, 6) is -0.186. The topological polar surface area (TPSA) is 88.6 Å². The van der Waals surface area contributed by atoms with Gasteiger partial charge in [-0.15, -0.1) is 0 Å². The maximum Gasteiger partial charge on any atom is 0.418 e. The average molecular weight is 475 g/mol. The monoisotopic (exact) mass is 474 g/mol. The van der Waals surface area contributed by atoms with Crippen molar-refractivity contribution in [2.24, 2.45) is 0 Å². The lowest BCUT2D eigenvalue weighted by Gasteiger charge is -2.19. The molecule has 172 valence electrons. The zero-order valence-corrected chi connectivity index (χ0v) is 19.2. The fourth-order valence-electron chi connectivity index (χ4n) is 3.42. The largest absolute Gasteiger partial charge is 0.418 e. The van der Waals surface area contributed by atoms with Crippen LogP contribution in [0.25, 0.3) is 11.8 Å². The number of aryl methyl sites for hydroxylation is 1. The van der Waals surface area contributed by atoms with Crippen LogP contribution in [-0.4, -0.2) is 23.0 Å². The van der Waals surface area contributed by atoms with Crippen molar-refractivity contribution in [3.05, 3.63) is 75.7 Å². The van der Waals surface area contributed by atoms with Gasteiger partial charge in [0.25, 0.3) is 15.0 Å². The third kappa shape index (κ3) is 4.68. The molecule has 0 aliphatic rings. The predicted molar refractivity (Wildman–Crippen MR) is 117 cm³/mol. The zero-order chi connectivity index (χ0) is 24.6. The molecule has 0 N–H and O–H groups in total. The highest BCUT2D eigenvalue weighted by Crippen LogP contribution is 2.37. The van der Waals surface area contributed by atoms with Crippen molar-refractivity contribution < 1.29 is 21.6 Å². The molecule has 0 saturated carbocycles. The minimum Gasteiger partial charge on any atom is -0.317 e. The molecule has 0 atom stereocenters. The van der Waals surface area contributed by atoms with Gasteiger partial charge in [0.2, 0.25) is 0 Å². The van der Waals surface area contributed by atoms with E-state index in [1.807, 2.05) is 13.8 Å². The highest BCUT2D eigenvalue weighted by atomic mass is 32.2. The van der Waals surface area contributed by atoms with Crippen LogP contribution in [0.3, 0.4) is 0 Å². The second-order valence-corrected chi connectivity index (χ2v) is 9.53. The van der Waals surface area contributed by atoms with Gasteiger partial charge in [-0.1, -0.05) is 26.0 Å². The van der Waals surface area contributed by atoms with Crippen molar-refractivity contribution in [2.75, 3.05) is 0 Å². The lowest BCUT2D eigenvalue weighted by Crippen LogP contribution is -2.13. The average Bonchev–Trinajstić information content (AvgIpc) is 3.07. The van der Waals surface area contributed by atoms with E-state index in [0.717, 1.165) is 12.1 Å². The van der Waals surface area contributed by atoms with E-state index in [1.165, 1.54) is 35.0 Å². The zero-order valence-electron chi connectivity index (χ0n) is 18.3. The van der Waals surface area contributed by atoms with Crippen LogP contribution in [0.1, 0.15) is 48.0 Å². The summed E-state index contributed by atoms with van der Waals surface area (Å²) in [4.78, 5) is 7.05. The Bertz CT molecular complexity index is 1380. The first kappa shape index (κ1) is 24.2. The molecule has 0 saturated heterocycles. The highest BCUT2D eigenvalue weighted by molar-refractivity contribution is 7.95. The Hall–Kier alpha value is -3.45. The first-order chi connectivity index (χ1) is 15.4. The number of hydrogen-bond acceptors (Lipinski definition) is 5. The molecule has 0 spiro atoms. The standard InChI is InChI=1S/C23H21F3N4O2S/c1-14(2)21-12-17(11-18(13-27)33(31,32)22-28-10-9-15(3)29-22)16(4)30(21)20-8-6-5-7-19(20)23(24,25)26/h5-12,14H,1-4H3/b18-11+. The second-order valence-electron chi connectivity index (χ2n) is 7.72. The Morgan fingerprint density at radius 3 is 2.42 bits per heavy atom. The van der Waals surface area contributed by atoms with E-state index in [4.69, 9.17) is 0 Å². The van der Waals surface area contributed by atoms with E-state index in [9.17, 15) is 26.9 Å². The predicted octanol–water partition coefficient (Wildman–Crippen LogP) is 5.36. The number of alkyl halides is 3. The van der Waals surface area contributed by atoms with Gasteiger partial charge in [-0.2, -0.15) is 18.4 Å². The summed E-state index contributed by atoms with van der Waals surface area (Å²) in [5.41, 5.74) is 0.731. The Labute approximate surface area is 190 Å². The molecule has 0 unspecified atom stereocenters. The maximum absolute atomic E-state index is 13.7. The molecule has 0 fully saturated rings. The summed E-state index contributed by atoms with van der Waals surface area (Å²) >= 11 is 0. The molecule has 33 heavy (non-hydrogen) atoms. The third-order valence-electron chi connectivity index (χ3n) is 5.06. The number of allylic oxidation sites excluding steroid dienone is 1. The van der Waals surface area contributed by atoms with Gasteiger partial charge in [0.1, 0.15) is 6.07 Å². The van der Waals surface area contributed by atoms with Crippen LogP contribution in [0.2, 0.25) is 0 Å².